The van der Waals surface area contributed by atoms with Gasteiger partial charge in [0.1, 0.15) is 16.4 Å². The van der Waals surface area contributed by atoms with Gasteiger partial charge < -0.3 is 19.1 Å². The van der Waals surface area contributed by atoms with Crippen molar-refractivity contribution in [1.82, 2.24) is 4.31 Å². The van der Waals surface area contributed by atoms with Crippen LogP contribution in [0, 0.1) is 0 Å². The Kier molecular flexibility index (Phi) is 6.41. The summed E-state index contributed by atoms with van der Waals surface area (Å²) in [5, 5.41) is 0. The van der Waals surface area contributed by atoms with E-state index in [1.54, 1.807) is 44.5 Å². The van der Waals surface area contributed by atoms with Gasteiger partial charge in [-0.15, -0.1) is 0 Å². The summed E-state index contributed by atoms with van der Waals surface area (Å²) in [6.45, 7) is 1.18. The highest BCUT2D eigenvalue weighted by atomic mass is 32.2. The Bertz CT molecular complexity index is 986. The number of amides is 1. The van der Waals surface area contributed by atoms with E-state index in [4.69, 9.17) is 14.2 Å². The quantitative estimate of drug-likeness (QED) is 0.711. The van der Waals surface area contributed by atoms with Crippen LogP contribution in [0.4, 0.5) is 5.69 Å². The number of morpholine rings is 1. The fourth-order valence-electron chi connectivity index (χ4n) is 3.07. The molecule has 8 nitrogen and oxygen atoms in total. The number of ether oxygens (including phenoxy) is 3. The van der Waals surface area contributed by atoms with Gasteiger partial charge in [-0.3, -0.25) is 4.79 Å². The Balaban J connectivity index is 1.96. The number of sulfonamides is 1. The number of anilines is 1. The largest absolute Gasteiger partial charge is 0.497 e. The third kappa shape index (κ3) is 4.36. The lowest BCUT2D eigenvalue weighted by atomic mass is 10.1. The highest BCUT2D eigenvalue weighted by Crippen LogP contribution is 2.29. The van der Waals surface area contributed by atoms with Crippen molar-refractivity contribution in [3.63, 3.8) is 0 Å². The molecule has 2 aromatic carbocycles. The Hall–Kier alpha value is -2.62. The highest BCUT2D eigenvalue weighted by molar-refractivity contribution is 7.89. The molecule has 0 unspecified atom stereocenters. The Labute approximate surface area is 170 Å². The van der Waals surface area contributed by atoms with Crippen molar-refractivity contribution >= 4 is 21.6 Å². The van der Waals surface area contributed by atoms with E-state index in [0.29, 0.717) is 24.7 Å². The lowest BCUT2D eigenvalue weighted by Crippen LogP contribution is -2.40. The first-order chi connectivity index (χ1) is 13.9. The molecule has 0 aromatic heterocycles. The van der Waals surface area contributed by atoms with Gasteiger partial charge in [-0.25, -0.2) is 8.42 Å². The van der Waals surface area contributed by atoms with Crippen molar-refractivity contribution in [1.29, 1.82) is 0 Å². The smallest absolute Gasteiger partial charge is 0.258 e. The Morgan fingerprint density at radius 1 is 1.07 bits per heavy atom. The summed E-state index contributed by atoms with van der Waals surface area (Å²) in [5.74, 6) is 0.462. The van der Waals surface area contributed by atoms with Crippen molar-refractivity contribution in [3.05, 3.63) is 48.0 Å². The van der Waals surface area contributed by atoms with Gasteiger partial charge in [-0.2, -0.15) is 4.31 Å². The third-order valence-electron chi connectivity index (χ3n) is 4.74. The molecule has 1 amide bonds. The zero-order valence-electron chi connectivity index (χ0n) is 16.6. The first kappa shape index (κ1) is 21.1. The van der Waals surface area contributed by atoms with Gasteiger partial charge >= 0.3 is 0 Å². The molecule has 1 saturated heterocycles. The van der Waals surface area contributed by atoms with E-state index in [9.17, 15) is 13.2 Å². The minimum atomic E-state index is -3.82. The van der Waals surface area contributed by atoms with Crippen LogP contribution in [0.3, 0.4) is 0 Å². The third-order valence-corrected chi connectivity index (χ3v) is 6.66. The standard InChI is InChI=1S/C20H24N2O6S/c1-21(16-5-4-6-17(14-16)26-2)20(23)15-7-8-18(27-3)19(13-15)29(24,25)22-9-11-28-12-10-22/h4-8,13-14H,9-12H2,1-3H3. The zero-order chi connectivity index (χ0) is 21.0. The maximum absolute atomic E-state index is 13.1. The molecule has 1 fully saturated rings. The van der Waals surface area contributed by atoms with E-state index in [1.807, 2.05) is 0 Å². The van der Waals surface area contributed by atoms with E-state index in [-0.39, 0.29) is 35.2 Å². The molecule has 0 N–H and O–H groups in total. The van der Waals surface area contributed by atoms with Crippen LogP contribution in [0.1, 0.15) is 10.4 Å². The van der Waals surface area contributed by atoms with Gasteiger partial charge in [0.2, 0.25) is 10.0 Å². The fraction of sp³-hybridized carbons (Fsp3) is 0.350. The summed E-state index contributed by atoms with van der Waals surface area (Å²) >= 11 is 0. The van der Waals surface area contributed by atoms with Crippen LogP contribution in [0.2, 0.25) is 0 Å². The normalized spacial score (nSPS) is 15.0. The maximum Gasteiger partial charge on any atom is 0.258 e. The van der Waals surface area contributed by atoms with Crippen molar-refractivity contribution < 1.29 is 27.4 Å². The lowest BCUT2D eigenvalue weighted by Gasteiger charge is -2.27. The number of carbonyl (C=O) groups excluding carboxylic acids is 1. The van der Waals surface area contributed by atoms with Gasteiger partial charge in [-0.05, 0) is 30.3 Å². The SMILES string of the molecule is COc1cccc(N(C)C(=O)c2ccc(OC)c(S(=O)(=O)N3CCOCC3)c2)c1. The molecular formula is C20H24N2O6S. The van der Waals surface area contributed by atoms with Crippen LogP contribution >= 0.6 is 0 Å². The molecule has 0 spiro atoms. The molecule has 0 saturated carbocycles. The number of methoxy groups -OCH3 is 2. The highest BCUT2D eigenvalue weighted by Gasteiger charge is 2.30. The van der Waals surface area contributed by atoms with Gasteiger partial charge in [-0.1, -0.05) is 6.07 Å². The van der Waals surface area contributed by atoms with Crippen LogP contribution in [-0.4, -0.2) is 66.2 Å². The average molecular weight is 420 g/mol. The Morgan fingerprint density at radius 2 is 1.79 bits per heavy atom. The van der Waals surface area contributed by atoms with Crippen LogP contribution in [0.15, 0.2) is 47.4 Å². The topological polar surface area (TPSA) is 85.4 Å². The lowest BCUT2D eigenvalue weighted by molar-refractivity contribution is 0.0729. The minimum Gasteiger partial charge on any atom is -0.497 e. The number of nitrogens with zero attached hydrogens (tertiary/aromatic N) is 2. The van der Waals surface area contributed by atoms with E-state index in [0.717, 1.165) is 0 Å². The van der Waals surface area contributed by atoms with E-state index in [2.05, 4.69) is 0 Å². The first-order valence-electron chi connectivity index (χ1n) is 9.06. The first-order valence-corrected chi connectivity index (χ1v) is 10.5. The summed E-state index contributed by atoms with van der Waals surface area (Å²) in [6.07, 6.45) is 0. The number of hydrogen-bond donors (Lipinski definition) is 0. The second-order valence-corrected chi connectivity index (χ2v) is 8.35. The van der Waals surface area contributed by atoms with Crippen LogP contribution in [0.5, 0.6) is 11.5 Å². The molecule has 0 aliphatic carbocycles. The van der Waals surface area contributed by atoms with E-state index >= 15 is 0 Å². The summed E-state index contributed by atoms with van der Waals surface area (Å²) in [7, 11) is 0.747. The maximum atomic E-state index is 13.1. The molecule has 2 aromatic rings. The second kappa shape index (κ2) is 8.81. The number of benzene rings is 2. The fourth-order valence-corrected chi connectivity index (χ4v) is 4.66. The Morgan fingerprint density at radius 3 is 2.45 bits per heavy atom. The molecule has 29 heavy (non-hydrogen) atoms. The molecule has 0 atom stereocenters. The summed E-state index contributed by atoms with van der Waals surface area (Å²) in [5.41, 5.74) is 0.866. The molecule has 1 aliphatic heterocycles. The predicted octanol–water partition coefficient (Wildman–Crippen LogP) is 2.00. The van der Waals surface area contributed by atoms with Crippen molar-refractivity contribution in [3.8, 4) is 11.5 Å². The van der Waals surface area contributed by atoms with Crippen LogP contribution in [-0.2, 0) is 14.8 Å². The van der Waals surface area contributed by atoms with Crippen LogP contribution < -0.4 is 14.4 Å². The molecule has 1 heterocycles. The van der Waals surface area contributed by atoms with E-state index in [1.165, 1.54) is 28.4 Å². The van der Waals surface area contributed by atoms with Crippen molar-refractivity contribution in [2.45, 2.75) is 4.90 Å². The van der Waals surface area contributed by atoms with Crippen LogP contribution in [0.25, 0.3) is 0 Å². The number of rotatable bonds is 6. The molecule has 9 heteroatoms. The molecule has 3 rings (SSSR count). The average Bonchev–Trinajstić information content (AvgIpc) is 2.78. The van der Waals surface area contributed by atoms with E-state index < -0.39 is 10.0 Å². The molecule has 1 aliphatic rings. The number of hydrogen-bond acceptors (Lipinski definition) is 6. The predicted molar refractivity (Wildman–Crippen MR) is 108 cm³/mol. The summed E-state index contributed by atoms with van der Waals surface area (Å²) < 4.78 is 43.3. The molecular weight excluding hydrogens is 396 g/mol. The molecule has 0 radical (unpaired) electrons. The molecule has 156 valence electrons. The summed E-state index contributed by atoms with van der Waals surface area (Å²) in [4.78, 5) is 14.4. The van der Waals surface area contributed by atoms with Crippen molar-refractivity contribution in [2.75, 3.05) is 52.5 Å². The molecule has 0 bridgehead atoms. The van der Waals surface area contributed by atoms with Gasteiger partial charge in [0.25, 0.3) is 5.91 Å². The minimum absolute atomic E-state index is 0.0354. The number of carbonyl (C=O) groups is 1. The van der Waals surface area contributed by atoms with Crippen molar-refractivity contribution in [2.24, 2.45) is 0 Å². The van der Waals surface area contributed by atoms with Gasteiger partial charge in [0.05, 0.1) is 27.4 Å². The second-order valence-electron chi connectivity index (χ2n) is 6.45. The summed E-state index contributed by atoms with van der Waals surface area (Å²) in [6, 6.07) is 11.5. The monoisotopic (exact) mass is 420 g/mol. The van der Waals surface area contributed by atoms with Gasteiger partial charge in [0.15, 0.2) is 0 Å². The van der Waals surface area contributed by atoms with Gasteiger partial charge in [0, 0.05) is 37.5 Å². The zero-order valence-corrected chi connectivity index (χ0v) is 17.4.